The molecule has 3 N–H and O–H groups in total. The summed E-state index contributed by atoms with van der Waals surface area (Å²) >= 11 is 5.87. The number of aliphatic hydroxyl groups excluding tert-OH is 1. The minimum Gasteiger partial charge on any atom is -0.395 e. The fourth-order valence-corrected chi connectivity index (χ4v) is 2.52. The molecule has 1 rings (SSSR count). The van der Waals surface area contributed by atoms with Crippen molar-refractivity contribution in [3.05, 3.63) is 28.8 Å². The zero-order valence-electron chi connectivity index (χ0n) is 11.1. The third-order valence-electron chi connectivity index (χ3n) is 2.23. The molecule has 0 unspecified atom stereocenters. The van der Waals surface area contributed by atoms with Gasteiger partial charge in [0.2, 0.25) is 0 Å². The highest BCUT2D eigenvalue weighted by Gasteiger charge is 2.11. The van der Waals surface area contributed by atoms with Crippen molar-refractivity contribution in [2.45, 2.75) is 19.8 Å². The number of hydrogen-bond acceptors (Lipinski definition) is 3. The molecule has 7 heteroatoms. The summed E-state index contributed by atoms with van der Waals surface area (Å²) in [6, 6.07) is 4.70. The molecule has 0 aliphatic carbocycles. The number of halogens is 1. The van der Waals surface area contributed by atoms with E-state index in [9.17, 15) is 8.42 Å². The molecule has 0 atom stereocenters. The van der Waals surface area contributed by atoms with Gasteiger partial charge in [-0.05, 0) is 24.6 Å². The van der Waals surface area contributed by atoms with E-state index in [1.807, 2.05) is 6.92 Å². The third kappa shape index (κ3) is 5.80. The van der Waals surface area contributed by atoms with Gasteiger partial charge in [0.15, 0.2) is 0 Å². The lowest BCUT2D eigenvalue weighted by Gasteiger charge is -2.10. The van der Waals surface area contributed by atoms with Crippen LogP contribution in [0.5, 0.6) is 0 Å². The maximum atomic E-state index is 11.8. The first-order valence-electron chi connectivity index (χ1n) is 6.15. The summed E-state index contributed by atoms with van der Waals surface area (Å²) in [6.45, 7) is 2.18. The Kier molecular flexibility index (Phi) is 6.82. The van der Waals surface area contributed by atoms with Crippen LogP contribution in [0, 0.1) is 11.8 Å². The summed E-state index contributed by atoms with van der Waals surface area (Å²) in [4.78, 5) is 0. The van der Waals surface area contributed by atoms with E-state index in [0.717, 1.165) is 0 Å². The van der Waals surface area contributed by atoms with Crippen molar-refractivity contribution in [2.24, 2.45) is 0 Å². The second-order valence-corrected chi connectivity index (χ2v) is 5.90. The van der Waals surface area contributed by atoms with Gasteiger partial charge in [-0.25, -0.2) is 0 Å². The van der Waals surface area contributed by atoms with Gasteiger partial charge in [-0.3, -0.25) is 4.72 Å². The molecule has 0 amide bonds. The number of hydrogen-bond donors (Lipinski definition) is 3. The summed E-state index contributed by atoms with van der Waals surface area (Å²) in [5, 5.41) is 9.16. The molecular formula is C13H17ClN2O3S. The average molecular weight is 317 g/mol. The van der Waals surface area contributed by atoms with Gasteiger partial charge in [-0.15, -0.1) is 0 Å². The molecule has 0 bridgehead atoms. The Morgan fingerprint density at radius 3 is 2.80 bits per heavy atom. The first kappa shape index (κ1) is 16.8. The lowest BCUT2D eigenvalue weighted by Crippen LogP contribution is -2.30. The molecule has 20 heavy (non-hydrogen) atoms. The molecule has 0 saturated carbocycles. The molecule has 0 aliphatic heterocycles. The molecule has 0 aromatic heterocycles. The summed E-state index contributed by atoms with van der Waals surface area (Å²) < 4.78 is 28.4. The predicted molar refractivity (Wildman–Crippen MR) is 80.9 cm³/mol. The maximum absolute atomic E-state index is 11.8. The minimum atomic E-state index is -3.62. The van der Waals surface area contributed by atoms with E-state index in [0.29, 0.717) is 35.7 Å². The molecule has 1 aromatic rings. The lowest BCUT2D eigenvalue weighted by molar-refractivity contribution is 0.305. The quantitative estimate of drug-likeness (QED) is 0.699. The maximum Gasteiger partial charge on any atom is 0.299 e. The smallest absolute Gasteiger partial charge is 0.299 e. The molecule has 0 radical (unpaired) electrons. The van der Waals surface area contributed by atoms with E-state index in [-0.39, 0.29) is 6.61 Å². The van der Waals surface area contributed by atoms with Crippen molar-refractivity contribution in [2.75, 3.05) is 17.9 Å². The molecule has 0 heterocycles. The monoisotopic (exact) mass is 316 g/mol. The first-order chi connectivity index (χ1) is 9.48. The van der Waals surface area contributed by atoms with Crippen LogP contribution in [0.25, 0.3) is 0 Å². The van der Waals surface area contributed by atoms with Gasteiger partial charge in [0.05, 0.1) is 17.9 Å². The van der Waals surface area contributed by atoms with Crippen molar-refractivity contribution in [1.82, 2.24) is 4.72 Å². The molecule has 0 spiro atoms. The number of anilines is 1. The van der Waals surface area contributed by atoms with E-state index in [1.165, 1.54) is 0 Å². The summed E-state index contributed by atoms with van der Waals surface area (Å²) in [7, 11) is -3.62. The van der Waals surface area contributed by atoms with E-state index >= 15 is 0 Å². The number of nitrogens with one attached hydrogen (secondary N) is 2. The van der Waals surface area contributed by atoms with Gasteiger partial charge in [0.1, 0.15) is 0 Å². The third-order valence-corrected chi connectivity index (χ3v) is 3.54. The van der Waals surface area contributed by atoms with Crippen LogP contribution >= 0.6 is 11.6 Å². The Bertz CT molecular complexity index is 606. The lowest BCUT2D eigenvalue weighted by atomic mass is 10.2. The Morgan fingerprint density at radius 2 is 2.15 bits per heavy atom. The second kappa shape index (κ2) is 8.12. The van der Waals surface area contributed by atoms with Gasteiger partial charge >= 0.3 is 0 Å². The van der Waals surface area contributed by atoms with Crippen LogP contribution in [0.15, 0.2) is 18.2 Å². The zero-order valence-corrected chi connectivity index (χ0v) is 12.7. The van der Waals surface area contributed by atoms with Crippen molar-refractivity contribution in [3.8, 4) is 11.8 Å². The van der Waals surface area contributed by atoms with E-state index in [4.69, 9.17) is 16.7 Å². The number of aliphatic hydroxyl groups is 1. The molecule has 1 aromatic carbocycles. The average Bonchev–Trinajstić information content (AvgIpc) is 2.40. The fourth-order valence-electron chi connectivity index (χ4n) is 1.34. The van der Waals surface area contributed by atoms with Crippen LogP contribution in [-0.4, -0.2) is 26.7 Å². The Morgan fingerprint density at radius 1 is 1.40 bits per heavy atom. The van der Waals surface area contributed by atoms with Gasteiger partial charge < -0.3 is 5.11 Å². The van der Waals surface area contributed by atoms with Crippen LogP contribution < -0.4 is 9.44 Å². The number of benzene rings is 1. The van der Waals surface area contributed by atoms with Gasteiger partial charge in [0.25, 0.3) is 10.2 Å². The highest BCUT2D eigenvalue weighted by Crippen LogP contribution is 2.20. The SMILES string of the molecule is CCCNS(=O)(=O)Nc1ccc(Cl)cc1C#CCCO. The van der Waals surface area contributed by atoms with E-state index < -0.39 is 10.2 Å². The molecule has 0 saturated heterocycles. The van der Waals surface area contributed by atoms with Crippen LogP contribution in [0.3, 0.4) is 0 Å². The highest BCUT2D eigenvalue weighted by molar-refractivity contribution is 7.90. The molecule has 0 aliphatic rings. The van der Waals surface area contributed by atoms with Crippen molar-refractivity contribution >= 4 is 27.5 Å². The molecule has 0 fully saturated rings. The Hall–Kier alpha value is -1.26. The van der Waals surface area contributed by atoms with Crippen LogP contribution in [0.2, 0.25) is 5.02 Å². The topological polar surface area (TPSA) is 78.4 Å². The van der Waals surface area contributed by atoms with Crippen molar-refractivity contribution in [1.29, 1.82) is 0 Å². The highest BCUT2D eigenvalue weighted by atomic mass is 35.5. The van der Waals surface area contributed by atoms with Crippen LogP contribution in [0.4, 0.5) is 5.69 Å². The fraction of sp³-hybridized carbons (Fsp3) is 0.385. The zero-order chi connectivity index (χ0) is 15.0. The molecule has 5 nitrogen and oxygen atoms in total. The van der Waals surface area contributed by atoms with Crippen LogP contribution in [0.1, 0.15) is 25.3 Å². The Balaban J connectivity index is 2.98. The second-order valence-electron chi connectivity index (χ2n) is 3.97. The van der Waals surface area contributed by atoms with Crippen molar-refractivity contribution < 1.29 is 13.5 Å². The minimum absolute atomic E-state index is 0.0489. The van der Waals surface area contributed by atoms with Gasteiger partial charge in [-0.1, -0.05) is 30.4 Å². The number of rotatable bonds is 6. The summed E-state index contributed by atoms with van der Waals surface area (Å²) in [5.74, 6) is 5.52. The van der Waals surface area contributed by atoms with E-state index in [2.05, 4.69) is 21.3 Å². The van der Waals surface area contributed by atoms with E-state index in [1.54, 1.807) is 18.2 Å². The summed E-state index contributed by atoms with van der Waals surface area (Å²) in [5.41, 5.74) is 0.816. The standard InChI is InChI=1S/C13H17ClN2O3S/c1-2-8-15-20(18,19)16-13-7-6-12(14)10-11(13)5-3-4-9-17/h6-7,10,15-17H,2,4,8-9H2,1H3. The van der Waals surface area contributed by atoms with Gasteiger partial charge in [-0.2, -0.15) is 13.1 Å². The van der Waals surface area contributed by atoms with Crippen molar-refractivity contribution in [3.63, 3.8) is 0 Å². The van der Waals surface area contributed by atoms with Gasteiger partial charge in [0, 0.05) is 18.0 Å². The predicted octanol–water partition coefficient (Wildman–Crippen LogP) is 1.73. The molecule has 110 valence electrons. The molecular weight excluding hydrogens is 300 g/mol. The largest absolute Gasteiger partial charge is 0.395 e. The Labute approximate surface area is 124 Å². The normalized spacial score (nSPS) is 10.8. The summed E-state index contributed by atoms with van der Waals surface area (Å²) in [6.07, 6.45) is 1.01. The van der Waals surface area contributed by atoms with Crippen LogP contribution in [-0.2, 0) is 10.2 Å². The first-order valence-corrected chi connectivity index (χ1v) is 8.01.